The second kappa shape index (κ2) is 8.84. The molecule has 0 aliphatic rings. The molecule has 0 radical (unpaired) electrons. The fourth-order valence-electron chi connectivity index (χ4n) is 2.10. The first-order chi connectivity index (χ1) is 9.62. The molecule has 0 bridgehead atoms. The van der Waals surface area contributed by atoms with Crippen LogP contribution in [0.1, 0.15) is 31.4 Å². The maximum atomic E-state index is 12.4. The third-order valence-corrected chi connectivity index (χ3v) is 3.15. The Bertz CT molecular complexity index is 391. The lowest BCUT2D eigenvalue weighted by atomic mass is 10.0. The van der Waals surface area contributed by atoms with Crippen LogP contribution < -0.4 is 15.8 Å². The molecule has 0 fully saturated rings. The van der Waals surface area contributed by atoms with E-state index in [1.54, 1.807) is 18.2 Å². The minimum absolute atomic E-state index is 0.0674. The first-order valence-electron chi connectivity index (χ1n) is 6.73. The number of nitrogens with one attached hydrogen (secondary N) is 1. The fraction of sp³-hybridized carbons (Fsp3) is 0.571. The highest BCUT2D eigenvalue weighted by atomic mass is 19.3. The number of para-hydroxylation sites is 1. The number of aliphatic hydroxyl groups excluding tert-OH is 1. The highest BCUT2D eigenvalue weighted by Gasteiger charge is 2.19. The molecular weight excluding hydrogens is 266 g/mol. The maximum Gasteiger partial charge on any atom is 0.387 e. The van der Waals surface area contributed by atoms with Crippen molar-refractivity contribution >= 4 is 0 Å². The van der Waals surface area contributed by atoms with Crippen molar-refractivity contribution in [2.45, 2.75) is 38.5 Å². The summed E-state index contributed by atoms with van der Waals surface area (Å²) < 4.78 is 29.3. The average molecular weight is 288 g/mol. The quantitative estimate of drug-likeness (QED) is 0.650. The van der Waals surface area contributed by atoms with E-state index in [1.165, 1.54) is 6.07 Å². The van der Waals surface area contributed by atoms with Crippen LogP contribution in [0, 0.1) is 0 Å². The largest absolute Gasteiger partial charge is 0.434 e. The lowest BCUT2D eigenvalue weighted by Crippen LogP contribution is -2.37. The van der Waals surface area contributed by atoms with Gasteiger partial charge in [0.15, 0.2) is 0 Å². The van der Waals surface area contributed by atoms with Gasteiger partial charge < -0.3 is 20.9 Å². The standard InChI is InChI=1S/C14H22F2N2O2/c1-2-10(7-8-19)18-12(9-17)11-5-3-4-6-13(11)20-14(15)16/h3-6,10,12,14,18-19H,2,7-9,17H2,1H3. The molecule has 0 heterocycles. The molecule has 0 spiro atoms. The number of benzene rings is 1. The van der Waals surface area contributed by atoms with Gasteiger partial charge in [-0.2, -0.15) is 8.78 Å². The molecule has 20 heavy (non-hydrogen) atoms. The summed E-state index contributed by atoms with van der Waals surface area (Å²) in [4.78, 5) is 0. The monoisotopic (exact) mass is 288 g/mol. The van der Waals surface area contributed by atoms with Crippen molar-refractivity contribution < 1.29 is 18.6 Å². The van der Waals surface area contributed by atoms with E-state index < -0.39 is 6.61 Å². The van der Waals surface area contributed by atoms with E-state index in [0.29, 0.717) is 12.0 Å². The molecule has 1 aromatic rings. The van der Waals surface area contributed by atoms with Crippen LogP contribution in [0.3, 0.4) is 0 Å². The third-order valence-electron chi connectivity index (χ3n) is 3.15. The van der Waals surface area contributed by atoms with Crippen LogP contribution >= 0.6 is 0 Å². The Morgan fingerprint density at radius 1 is 1.35 bits per heavy atom. The summed E-state index contributed by atoms with van der Waals surface area (Å²) in [5.74, 6) is 0.129. The predicted molar refractivity (Wildman–Crippen MR) is 73.8 cm³/mol. The lowest BCUT2D eigenvalue weighted by Gasteiger charge is -2.25. The molecule has 114 valence electrons. The van der Waals surface area contributed by atoms with Gasteiger partial charge in [-0.15, -0.1) is 0 Å². The SMILES string of the molecule is CCC(CCO)NC(CN)c1ccccc1OC(F)F. The van der Waals surface area contributed by atoms with Gasteiger partial charge in [0.05, 0.1) is 0 Å². The molecule has 4 N–H and O–H groups in total. The Hall–Kier alpha value is -1.24. The molecule has 6 heteroatoms. The van der Waals surface area contributed by atoms with Gasteiger partial charge in [0.1, 0.15) is 5.75 Å². The van der Waals surface area contributed by atoms with Crippen LogP contribution in [0.15, 0.2) is 24.3 Å². The number of alkyl halides is 2. The molecule has 0 aliphatic carbocycles. The van der Waals surface area contributed by atoms with Gasteiger partial charge in [-0.25, -0.2) is 0 Å². The van der Waals surface area contributed by atoms with E-state index in [9.17, 15) is 8.78 Å². The number of ether oxygens (including phenoxy) is 1. The molecular formula is C14H22F2N2O2. The zero-order valence-corrected chi connectivity index (χ0v) is 11.6. The summed E-state index contributed by atoms with van der Waals surface area (Å²) in [5, 5.41) is 12.3. The van der Waals surface area contributed by atoms with Gasteiger partial charge in [0, 0.05) is 30.8 Å². The topological polar surface area (TPSA) is 67.5 Å². The summed E-state index contributed by atoms with van der Waals surface area (Å²) in [6, 6.07) is 6.40. The van der Waals surface area contributed by atoms with Gasteiger partial charge >= 0.3 is 6.61 Å². The zero-order valence-electron chi connectivity index (χ0n) is 11.6. The summed E-state index contributed by atoms with van der Waals surface area (Å²) in [6.07, 6.45) is 1.40. The molecule has 2 unspecified atom stereocenters. The number of halogens is 2. The van der Waals surface area contributed by atoms with Crippen molar-refractivity contribution in [1.29, 1.82) is 0 Å². The molecule has 4 nitrogen and oxygen atoms in total. The average Bonchev–Trinajstić information content (AvgIpc) is 2.44. The Kier molecular flexibility index (Phi) is 7.43. The number of aliphatic hydroxyl groups is 1. The van der Waals surface area contributed by atoms with Crippen molar-refractivity contribution in [3.63, 3.8) is 0 Å². The number of nitrogens with two attached hydrogens (primary N) is 1. The molecule has 0 aliphatic heterocycles. The van der Waals surface area contributed by atoms with Crippen LogP contribution in [0.5, 0.6) is 5.75 Å². The van der Waals surface area contributed by atoms with Crippen molar-refractivity contribution in [1.82, 2.24) is 5.32 Å². The van der Waals surface area contributed by atoms with E-state index in [-0.39, 0.29) is 31.0 Å². The first kappa shape index (κ1) is 16.8. The Morgan fingerprint density at radius 2 is 2.05 bits per heavy atom. The Balaban J connectivity index is 2.88. The van der Waals surface area contributed by atoms with Crippen LogP contribution in [0.4, 0.5) is 8.78 Å². The second-order valence-corrected chi connectivity index (χ2v) is 4.49. The summed E-state index contributed by atoms with van der Waals surface area (Å²) >= 11 is 0. The molecule has 0 amide bonds. The molecule has 1 rings (SSSR count). The second-order valence-electron chi connectivity index (χ2n) is 4.49. The van der Waals surface area contributed by atoms with Crippen molar-refractivity contribution in [3.05, 3.63) is 29.8 Å². The van der Waals surface area contributed by atoms with E-state index in [1.807, 2.05) is 6.92 Å². The first-order valence-corrected chi connectivity index (χ1v) is 6.73. The zero-order chi connectivity index (χ0) is 15.0. The van der Waals surface area contributed by atoms with Crippen LogP contribution in [0.25, 0.3) is 0 Å². The minimum atomic E-state index is -2.87. The van der Waals surface area contributed by atoms with Crippen molar-refractivity contribution in [3.8, 4) is 5.75 Å². The molecule has 2 atom stereocenters. The smallest absolute Gasteiger partial charge is 0.387 e. The normalized spacial score (nSPS) is 14.3. The molecule has 0 saturated carbocycles. The highest BCUT2D eigenvalue weighted by Crippen LogP contribution is 2.26. The van der Waals surface area contributed by atoms with E-state index in [0.717, 1.165) is 6.42 Å². The predicted octanol–water partition coefficient (Wildman–Crippen LogP) is 2.04. The molecule has 0 saturated heterocycles. The van der Waals surface area contributed by atoms with Crippen LogP contribution in [-0.4, -0.2) is 30.9 Å². The van der Waals surface area contributed by atoms with E-state index in [4.69, 9.17) is 10.8 Å². The van der Waals surface area contributed by atoms with Crippen molar-refractivity contribution in [2.75, 3.05) is 13.2 Å². The van der Waals surface area contributed by atoms with Crippen molar-refractivity contribution in [2.24, 2.45) is 5.73 Å². The fourth-order valence-corrected chi connectivity index (χ4v) is 2.10. The number of hydrogen-bond acceptors (Lipinski definition) is 4. The van der Waals surface area contributed by atoms with Gasteiger partial charge in [0.2, 0.25) is 0 Å². The maximum absolute atomic E-state index is 12.4. The summed E-state index contributed by atoms with van der Waals surface area (Å²) in [7, 11) is 0. The summed E-state index contributed by atoms with van der Waals surface area (Å²) in [6.45, 7) is -0.555. The lowest BCUT2D eigenvalue weighted by molar-refractivity contribution is -0.0507. The Labute approximate surface area is 117 Å². The highest BCUT2D eigenvalue weighted by molar-refractivity contribution is 5.36. The van der Waals surface area contributed by atoms with Gasteiger partial charge in [0.25, 0.3) is 0 Å². The van der Waals surface area contributed by atoms with Crippen LogP contribution in [0.2, 0.25) is 0 Å². The molecule has 0 aromatic heterocycles. The summed E-state index contributed by atoms with van der Waals surface area (Å²) in [5.41, 5.74) is 6.34. The van der Waals surface area contributed by atoms with Gasteiger partial charge in [-0.1, -0.05) is 25.1 Å². The van der Waals surface area contributed by atoms with Gasteiger partial charge in [-0.05, 0) is 18.9 Å². The van der Waals surface area contributed by atoms with E-state index >= 15 is 0 Å². The van der Waals surface area contributed by atoms with E-state index in [2.05, 4.69) is 10.1 Å². The molecule has 1 aromatic carbocycles. The Morgan fingerprint density at radius 3 is 2.60 bits per heavy atom. The minimum Gasteiger partial charge on any atom is -0.434 e. The third kappa shape index (κ3) is 5.03. The van der Waals surface area contributed by atoms with Gasteiger partial charge in [-0.3, -0.25) is 0 Å². The number of rotatable bonds is 9. The van der Waals surface area contributed by atoms with Crippen LogP contribution in [-0.2, 0) is 0 Å². The number of hydrogen-bond donors (Lipinski definition) is 3.